The van der Waals surface area contributed by atoms with E-state index in [2.05, 4.69) is 15.9 Å². The molecule has 2 aromatic carbocycles. The molecule has 0 aliphatic carbocycles. The smallest absolute Gasteiger partial charge is 0.167 e. The van der Waals surface area contributed by atoms with Gasteiger partial charge in [-0.15, -0.1) is 0 Å². The zero-order chi connectivity index (χ0) is 14.0. The lowest BCUT2D eigenvalue weighted by molar-refractivity contribution is 0.0993. The SMILES string of the molecule is O=C(Cc1ccc(F)c(Cl)c1)c1ccc(F)c(Br)c1. The number of ketones is 1. The van der Waals surface area contributed by atoms with E-state index in [1.54, 1.807) is 0 Å². The van der Waals surface area contributed by atoms with Crippen LogP contribution in [-0.4, -0.2) is 5.78 Å². The molecule has 98 valence electrons. The number of Topliss-reactive ketones (excluding diaryl/α,β-unsaturated/α-hetero) is 1. The van der Waals surface area contributed by atoms with E-state index in [1.165, 1.54) is 36.4 Å². The molecule has 0 fully saturated rings. The Morgan fingerprint density at radius 3 is 2.42 bits per heavy atom. The lowest BCUT2D eigenvalue weighted by Crippen LogP contribution is -2.04. The Hall–Kier alpha value is -1.26. The van der Waals surface area contributed by atoms with Crippen molar-refractivity contribution in [2.45, 2.75) is 6.42 Å². The second-order valence-corrected chi connectivity index (χ2v) is 5.24. The van der Waals surface area contributed by atoms with Crippen molar-refractivity contribution in [3.05, 3.63) is 68.7 Å². The van der Waals surface area contributed by atoms with Gasteiger partial charge in [-0.25, -0.2) is 8.78 Å². The molecule has 0 spiro atoms. The van der Waals surface area contributed by atoms with E-state index in [9.17, 15) is 13.6 Å². The Balaban J connectivity index is 2.20. The van der Waals surface area contributed by atoms with E-state index in [1.807, 2.05) is 0 Å². The standard InChI is InChI=1S/C14H8BrClF2O/c15-10-7-9(2-4-12(10)17)14(19)6-8-1-3-13(18)11(16)5-8/h1-5,7H,6H2. The maximum absolute atomic E-state index is 13.1. The minimum atomic E-state index is -0.526. The molecule has 0 radical (unpaired) electrons. The molecule has 0 N–H and O–H groups in total. The molecule has 0 unspecified atom stereocenters. The van der Waals surface area contributed by atoms with Gasteiger partial charge in [-0.05, 0) is 51.8 Å². The van der Waals surface area contributed by atoms with Gasteiger partial charge in [0.1, 0.15) is 11.6 Å². The van der Waals surface area contributed by atoms with Crippen LogP contribution in [0, 0.1) is 11.6 Å². The summed E-state index contributed by atoms with van der Waals surface area (Å²) in [4.78, 5) is 12.0. The number of hydrogen-bond acceptors (Lipinski definition) is 1. The van der Waals surface area contributed by atoms with Crippen LogP contribution < -0.4 is 0 Å². The van der Waals surface area contributed by atoms with Gasteiger partial charge in [0.15, 0.2) is 5.78 Å². The molecule has 1 nitrogen and oxygen atoms in total. The summed E-state index contributed by atoms with van der Waals surface area (Å²) in [6, 6.07) is 8.17. The summed E-state index contributed by atoms with van der Waals surface area (Å²) in [6.07, 6.45) is 0.0814. The molecule has 0 saturated heterocycles. The quantitative estimate of drug-likeness (QED) is 0.730. The Morgan fingerprint density at radius 2 is 1.79 bits per heavy atom. The highest BCUT2D eigenvalue weighted by Gasteiger charge is 2.10. The Labute approximate surface area is 122 Å². The second kappa shape index (κ2) is 5.80. The minimum absolute atomic E-state index is 0.0226. The third-order valence-electron chi connectivity index (χ3n) is 2.59. The van der Waals surface area contributed by atoms with Gasteiger partial charge < -0.3 is 0 Å². The number of carbonyl (C=O) groups excluding carboxylic acids is 1. The molecule has 5 heteroatoms. The van der Waals surface area contributed by atoms with Crippen LogP contribution in [0.3, 0.4) is 0 Å². The van der Waals surface area contributed by atoms with E-state index in [0.717, 1.165) is 0 Å². The Morgan fingerprint density at radius 1 is 1.11 bits per heavy atom. The molecule has 0 bridgehead atoms. The van der Waals surface area contributed by atoms with Crippen molar-refractivity contribution in [2.75, 3.05) is 0 Å². The molecular weight excluding hydrogens is 338 g/mol. The van der Waals surface area contributed by atoms with Crippen LogP contribution in [0.4, 0.5) is 8.78 Å². The van der Waals surface area contributed by atoms with Gasteiger partial charge in [0.05, 0.1) is 9.50 Å². The fourth-order valence-electron chi connectivity index (χ4n) is 1.61. The fraction of sp³-hybridized carbons (Fsp3) is 0.0714. The lowest BCUT2D eigenvalue weighted by Gasteiger charge is -2.04. The first-order valence-corrected chi connectivity index (χ1v) is 6.56. The molecule has 0 aliphatic rings. The summed E-state index contributed by atoms with van der Waals surface area (Å²) in [7, 11) is 0. The van der Waals surface area contributed by atoms with Crippen LogP contribution in [0.2, 0.25) is 5.02 Å². The molecule has 0 aliphatic heterocycles. The average molecular weight is 346 g/mol. The molecule has 0 saturated carbocycles. The summed E-state index contributed by atoms with van der Waals surface area (Å²) < 4.78 is 26.3. The number of halogens is 4. The van der Waals surface area contributed by atoms with Crippen molar-refractivity contribution in [3.8, 4) is 0 Å². The van der Waals surface area contributed by atoms with E-state index < -0.39 is 11.6 Å². The maximum Gasteiger partial charge on any atom is 0.167 e. The van der Waals surface area contributed by atoms with E-state index in [0.29, 0.717) is 11.1 Å². The molecule has 2 rings (SSSR count). The van der Waals surface area contributed by atoms with E-state index >= 15 is 0 Å². The molecule has 0 amide bonds. The van der Waals surface area contributed by atoms with Crippen LogP contribution in [0.15, 0.2) is 40.9 Å². The van der Waals surface area contributed by atoms with Gasteiger partial charge in [-0.2, -0.15) is 0 Å². The van der Waals surface area contributed by atoms with Crippen molar-refractivity contribution in [3.63, 3.8) is 0 Å². The van der Waals surface area contributed by atoms with Gasteiger partial charge in [-0.3, -0.25) is 4.79 Å². The van der Waals surface area contributed by atoms with Gasteiger partial charge in [-0.1, -0.05) is 17.7 Å². The predicted molar refractivity (Wildman–Crippen MR) is 73.5 cm³/mol. The van der Waals surface area contributed by atoms with Crippen LogP contribution in [-0.2, 0) is 6.42 Å². The van der Waals surface area contributed by atoms with Crippen LogP contribution in [0.5, 0.6) is 0 Å². The van der Waals surface area contributed by atoms with Crippen LogP contribution >= 0.6 is 27.5 Å². The highest BCUT2D eigenvalue weighted by atomic mass is 79.9. The first-order chi connectivity index (χ1) is 8.97. The molecule has 2 aromatic rings. The summed E-state index contributed by atoms with van der Waals surface area (Å²) >= 11 is 8.67. The lowest BCUT2D eigenvalue weighted by atomic mass is 10.0. The van der Waals surface area contributed by atoms with Crippen molar-refractivity contribution >= 4 is 33.3 Å². The molecule has 0 aromatic heterocycles. The number of benzene rings is 2. The predicted octanol–water partition coefficient (Wildman–Crippen LogP) is 4.81. The number of rotatable bonds is 3. The van der Waals surface area contributed by atoms with Gasteiger partial charge in [0.2, 0.25) is 0 Å². The van der Waals surface area contributed by atoms with Gasteiger partial charge >= 0.3 is 0 Å². The summed E-state index contributed by atoms with van der Waals surface area (Å²) in [6.45, 7) is 0. The van der Waals surface area contributed by atoms with E-state index in [4.69, 9.17) is 11.6 Å². The van der Waals surface area contributed by atoms with Crippen molar-refractivity contribution in [1.82, 2.24) is 0 Å². The van der Waals surface area contributed by atoms with Gasteiger partial charge in [0, 0.05) is 12.0 Å². The maximum atomic E-state index is 13.1. The summed E-state index contributed by atoms with van der Waals surface area (Å²) in [5.41, 5.74) is 0.991. The number of hydrogen-bond donors (Lipinski definition) is 0. The van der Waals surface area contributed by atoms with E-state index in [-0.39, 0.29) is 21.7 Å². The summed E-state index contributed by atoms with van der Waals surface area (Å²) in [5, 5.41) is -0.0226. The van der Waals surface area contributed by atoms with Crippen molar-refractivity contribution < 1.29 is 13.6 Å². The van der Waals surface area contributed by atoms with Gasteiger partial charge in [0.25, 0.3) is 0 Å². The summed E-state index contributed by atoms with van der Waals surface area (Å²) in [5.74, 6) is -1.15. The third kappa shape index (κ3) is 3.39. The largest absolute Gasteiger partial charge is 0.294 e. The third-order valence-corrected chi connectivity index (χ3v) is 3.49. The molecule has 0 atom stereocenters. The normalized spacial score (nSPS) is 10.5. The Bertz CT molecular complexity index is 643. The second-order valence-electron chi connectivity index (χ2n) is 3.98. The Kier molecular flexibility index (Phi) is 4.32. The van der Waals surface area contributed by atoms with Crippen molar-refractivity contribution in [1.29, 1.82) is 0 Å². The highest BCUT2D eigenvalue weighted by Crippen LogP contribution is 2.20. The fourth-order valence-corrected chi connectivity index (χ4v) is 2.19. The average Bonchev–Trinajstić information content (AvgIpc) is 2.37. The first kappa shape index (κ1) is 14.2. The molecule has 0 heterocycles. The monoisotopic (exact) mass is 344 g/mol. The molecular formula is C14H8BrClF2O. The van der Waals surface area contributed by atoms with Crippen molar-refractivity contribution in [2.24, 2.45) is 0 Å². The zero-order valence-corrected chi connectivity index (χ0v) is 11.9. The number of carbonyl (C=O) groups is 1. The zero-order valence-electron chi connectivity index (χ0n) is 9.59. The molecule has 19 heavy (non-hydrogen) atoms. The highest BCUT2D eigenvalue weighted by molar-refractivity contribution is 9.10. The van der Waals surface area contributed by atoms with Crippen LogP contribution in [0.1, 0.15) is 15.9 Å². The minimum Gasteiger partial charge on any atom is -0.294 e. The first-order valence-electron chi connectivity index (χ1n) is 5.39. The topological polar surface area (TPSA) is 17.1 Å². The van der Waals surface area contributed by atoms with Crippen LogP contribution in [0.25, 0.3) is 0 Å².